The highest BCUT2D eigenvalue weighted by Crippen LogP contribution is 2.14. The van der Waals surface area contributed by atoms with Crippen molar-refractivity contribution in [3.8, 4) is 5.69 Å². The summed E-state index contributed by atoms with van der Waals surface area (Å²) in [6.07, 6.45) is -0.0954. The minimum atomic E-state index is -0.477. The van der Waals surface area contributed by atoms with Crippen LogP contribution in [0.4, 0.5) is 4.39 Å². The lowest BCUT2D eigenvalue weighted by molar-refractivity contribution is -0.0127. The summed E-state index contributed by atoms with van der Waals surface area (Å²) in [4.78, 5) is 26.4. The number of hydrogen-bond donors (Lipinski definition) is 0. The molecule has 6 nitrogen and oxygen atoms in total. The molecular weight excluding hydrogens is 313 g/mol. The van der Waals surface area contributed by atoms with Crippen molar-refractivity contribution < 1.29 is 13.9 Å². The molecule has 3 rings (SSSR count). The van der Waals surface area contributed by atoms with E-state index in [0.29, 0.717) is 25.4 Å². The second-order valence-corrected chi connectivity index (χ2v) is 5.79. The molecule has 1 atom stereocenters. The average molecular weight is 331 g/mol. The molecule has 7 heteroatoms. The highest BCUT2D eigenvalue weighted by atomic mass is 19.1. The van der Waals surface area contributed by atoms with Gasteiger partial charge in [0, 0.05) is 24.8 Å². The van der Waals surface area contributed by atoms with E-state index in [9.17, 15) is 14.0 Å². The molecule has 126 valence electrons. The number of aromatic nitrogens is 2. The van der Waals surface area contributed by atoms with Gasteiger partial charge in [-0.2, -0.15) is 5.10 Å². The van der Waals surface area contributed by atoms with E-state index in [1.165, 1.54) is 16.8 Å². The van der Waals surface area contributed by atoms with Gasteiger partial charge in [-0.15, -0.1) is 0 Å². The predicted molar refractivity (Wildman–Crippen MR) is 85.8 cm³/mol. The van der Waals surface area contributed by atoms with Gasteiger partial charge in [0.15, 0.2) is 5.69 Å². The van der Waals surface area contributed by atoms with Gasteiger partial charge in [0.1, 0.15) is 11.5 Å². The summed E-state index contributed by atoms with van der Waals surface area (Å²) < 4.78 is 20.7. The maximum atomic E-state index is 14.0. The Morgan fingerprint density at radius 3 is 2.83 bits per heavy atom. The van der Waals surface area contributed by atoms with Gasteiger partial charge in [-0.3, -0.25) is 9.59 Å². The quantitative estimate of drug-likeness (QED) is 0.837. The Kier molecular flexibility index (Phi) is 4.44. The summed E-state index contributed by atoms with van der Waals surface area (Å²) in [5, 5.41) is 4.14. The molecule has 1 aliphatic heterocycles. The highest BCUT2D eigenvalue weighted by Gasteiger charge is 2.26. The van der Waals surface area contributed by atoms with Crippen LogP contribution in [0.3, 0.4) is 0 Å². The Morgan fingerprint density at radius 1 is 1.38 bits per heavy atom. The Balaban J connectivity index is 2.03. The largest absolute Gasteiger partial charge is 0.375 e. The van der Waals surface area contributed by atoms with Crippen molar-refractivity contribution in [2.45, 2.75) is 20.0 Å². The molecule has 0 saturated carbocycles. The second kappa shape index (κ2) is 6.52. The number of halogens is 1. The number of carbonyl (C=O) groups excluding carboxylic acids is 1. The summed E-state index contributed by atoms with van der Waals surface area (Å²) >= 11 is 0. The molecule has 2 heterocycles. The lowest BCUT2D eigenvalue weighted by Crippen LogP contribution is -2.46. The number of nitrogens with zero attached hydrogens (tertiary/aromatic N) is 3. The normalized spacial score (nSPS) is 17.8. The molecule has 0 bridgehead atoms. The highest BCUT2D eigenvalue weighted by molar-refractivity contribution is 5.92. The van der Waals surface area contributed by atoms with Crippen molar-refractivity contribution in [2.24, 2.45) is 0 Å². The van der Waals surface area contributed by atoms with E-state index in [0.717, 1.165) is 0 Å². The zero-order chi connectivity index (χ0) is 17.3. The van der Waals surface area contributed by atoms with Crippen LogP contribution in [0.2, 0.25) is 0 Å². The summed E-state index contributed by atoms with van der Waals surface area (Å²) in [6.45, 7) is 4.72. The number of rotatable bonds is 2. The lowest BCUT2D eigenvalue weighted by Gasteiger charge is -2.30. The topological polar surface area (TPSA) is 64.4 Å². The van der Waals surface area contributed by atoms with Gasteiger partial charge in [-0.25, -0.2) is 9.07 Å². The second-order valence-electron chi connectivity index (χ2n) is 5.79. The number of benzene rings is 1. The van der Waals surface area contributed by atoms with Crippen LogP contribution >= 0.6 is 0 Å². The van der Waals surface area contributed by atoms with Gasteiger partial charge < -0.3 is 9.64 Å². The molecule has 24 heavy (non-hydrogen) atoms. The Bertz CT molecular complexity index is 834. The minimum absolute atomic E-state index is 0.0954. The number of ether oxygens (including phenoxy) is 1. The number of hydrogen-bond acceptors (Lipinski definition) is 4. The Morgan fingerprint density at radius 2 is 2.12 bits per heavy atom. The SMILES string of the molecule is Cc1cc(=O)c(C(=O)N2CCOC(C)C2)nn1-c1ccccc1F. The third-order valence-electron chi connectivity index (χ3n) is 3.92. The Hall–Kier alpha value is -2.54. The lowest BCUT2D eigenvalue weighted by atomic mass is 10.2. The van der Waals surface area contributed by atoms with Gasteiger partial charge >= 0.3 is 0 Å². The summed E-state index contributed by atoms with van der Waals surface area (Å²) in [6, 6.07) is 7.39. The van der Waals surface area contributed by atoms with Crippen LogP contribution in [0.15, 0.2) is 35.1 Å². The summed E-state index contributed by atoms with van der Waals surface area (Å²) in [7, 11) is 0. The van der Waals surface area contributed by atoms with E-state index in [2.05, 4.69) is 5.10 Å². The zero-order valence-electron chi connectivity index (χ0n) is 13.5. The zero-order valence-corrected chi connectivity index (χ0v) is 13.5. The Labute approximate surface area is 138 Å². The number of carbonyl (C=O) groups is 1. The third kappa shape index (κ3) is 3.07. The molecular formula is C17H18FN3O3. The van der Waals surface area contributed by atoms with Gasteiger partial charge in [0.05, 0.1) is 12.7 Å². The van der Waals surface area contributed by atoms with Gasteiger partial charge in [-0.05, 0) is 26.0 Å². The van der Waals surface area contributed by atoms with Gasteiger partial charge in [0.2, 0.25) is 5.43 Å². The minimum Gasteiger partial charge on any atom is -0.375 e. The fraction of sp³-hybridized carbons (Fsp3) is 0.353. The van der Waals surface area contributed by atoms with Gasteiger partial charge in [-0.1, -0.05) is 12.1 Å². The molecule has 0 aliphatic carbocycles. The number of aryl methyl sites for hydroxylation is 1. The van der Waals surface area contributed by atoms with E-state index in [-0.39, 0.29) is 17.5 Å². The molecule has 1 aromatic carbocycles. The first kappa shape index (κ1) is 16.3. The van der Waals surface area contributed by atoms with Gasteiger partial charge in [0.25, 0.3) is 5.91 Å². The van der Waals surface area contributed by atoms with Crippen molar-refractivity contribution in [3.63, 3.8) is 0 Å². The fourth-order valence-corrected chi connectivity index (χ4v) is 2.72. The molecule has 1 amide bonds. The first-order chi connectivity index (χ1) is 11.5. The van der Waals surface area contributed by atoms with E-state index < -0.39 is 17.2 Å². The van der Waals surface area contributed by atoms with E-state index >= 15 is 0 Å². The van der Waals surface area contributed by atoms with Crippen molar-refractivity contribution in [1.29, 1.82) is 0 Å². The molecule has 1 saturated heterocycles. The first-order valence-corrected chi connectivity index (χ1v) is 7.74. The summed E-state index contributed by atoms with van der Waals surface area (Å²) in [5.74, 6) is -0.935. The standard InChI is InChI=1S/C17H18FN3O3/c1-11-9-15(22)16(17(23)20-7-8-24-12(2)10-20)19-21(11)14-6-4-3-5-13(14)18/h3-6,9,12H,7-8,10H2,1-2H3. The fourth-order valence-electron chi connectivity index (χ4n) is 2.72. The molecule has 1 aliphatic rings. The van der Waals surface area contributed by atoms with E-state index in [4.69, 9.17) is 4.74 Å². The molecule has 0 radical (unpaired) electrons. The van der Waals surface area contributed by atoms with Crippen molar-refractivity contribution in [3.05, 3.63) is 57.8 Å². The van der Waals surface area contributed by atoms with Crippen LogP contribution in [0.1, 0.15) is 23.1 Å². The van der Waals surface area contributed by atoms with E-state index in [1.807, 2.05) is 6.92 Å². The number of amides is 1. The third-order valence-corrected chi connectivity index (χ3v) is 3.92. The van der Waals surface area contributed by atoms with Crippen LogP contribution in [-0.4, -0.2) is 46.4 Å². The smallest absolute Gasteiger partial charge is 0.278 e. The van der Waals surface area contributed by atoms with Crippen LogP contribution < -0.4 is 5.43 Å². The van der Waals surface area contributed by atoms with Crippen LogP contribution in [-0.2, 0) is 4.74 Å². The predicted octanol–water partition coefficient (Wildman–Crippen LogP) is 1.54. The maximum absolute atomic E-state index is 14.0. The van der Waals surface area contributed by atoms with Crippen molar-refractivity contribution in [1.82, 2.24) is 14.7 Å². The molecule has 1 unspecified atom stereocenters. The monoisotopic (exact) mass is 331 g/mol. The molecule has 2 aromatic rings. The van der Waals surface area contributed by atoms with Crippen LogP contribution in [0.25, 0.3) is 5.69 Å². The summed E-state index contributed by atoms with van der Waals surface area (Å²) in [5.41, 5.74) is -0.0291. The van der Waals surface area contributed by atoms with Crippen molar-refractivity contribution in [2.75, 3.05) is 19.7 Å². The molecule has 0 N–H and O–H groups in total. The average Bonchev–Trinajstić information content (AvgIpc) is 2.55. The van der Waals surface area contributed by atoms with E-state index in [1.54, 1.807) is 30.0 Å². The molecule has 1 aromatic heterocycles. The number of morpholine rings is 1. The van der Waals surface area contributed by atoms with Crippen LogP contribution in [0, 0.1) is 12.7 Å². The molecule has 1 fully saturated rings. The van der Waals surface area contributed by atoms with Crippen molar-refractivity contribution >= 4 is 5.91 Å². The maximum Gasteiger partial charge on any atom is 0.278 e. The number of para-hydroxylation sites is 1. The molecule has 0 spiro atoms. The first-order valence-electron chi connectivity index (χ1n) is 7.74. The van der Waals surface area contributed by atoms with Crippen LogP contribution in [0.5, 0.6) is 0 Å².